The Kier molecular flexibility index (Phi) is 5.33. The highest BCUT2D eigenvalue weighted by molar-refractivity contribution is 5.26. The summed E-state index contributed by atoms with van der Waals surface area (Å²) in [5.74, 6) is 0.763. The van der Waals surface area contributed by atoms with Gasteiger partial charge in [-0.3, -0.25) is 0 Å². The summed E-state index contributed by atoms with van der Waals surface area (Å²) in [6, 6.07) is 7.39. The molecule has 1 saturated heterocycles. The molecule has 6 nitrogen and oxygen atoms in total. The standard InChI is InChI=1S/C14H20O6/c1-17-10-5-3-9(4-6-10)7-19-13-11(15)8-20-14(18-2)12(13)16/h3-6,11-16H,7-8H2,1-2H3/t11-,12-,13+,14-/m1/s1. The Labute approximate surface area is 117 Å². The predicted octanol–water partition coefficient (Wildman–Crippen LogP) is 0.305. The fourth-order valence-corrected chi connectivity index (χ4v) is 2.10. The van der Waals surface area contributed by atoms with Crippen molar-refractivity contribution in [3.8, 4) is 5.75 Å². The van der Waals surface area contributed by atoms with Crippen molar-refractivity contribution >= 4 is 0 Å². The fourth-order valence-electron chi connectivity index (χ4n) is 2.10. The van der Waals surface area contributed by atoms with Crippen molar-refractivity contribution in [1.82, 2.24) is 0 Å². The summed E-state index contributed by atoms with van der Waals surface area (Å²) in [7, 11) is 3.04. The molecule has 0 unspecified atom stereocenters. The van der Waals surface area contributed by atoms with E-state index < -0.39 is 24.6 Å². The normalized spacial score (nSPS) is 30.2. The highest BCUT2D eigenvalue weighted by Crippen LogP contribution is 2.21. The van der Waals surface area contributed by atoms with E-state index in [-0.39, 0.29) is 13.2 Å². The molecule has 2 N–H and O–H groups in total. The maximum atomic E-state index is 10.0. The topological polar surface area (TPSA) is 77.4 Å². The van der Waals surface area contributed by atoms with E-state index in [2.05, 4.69) is 0 Å². The summed E-state index contributed by atoms with van der Waals surface area (Å²) in [6.45, 7) is 0.349. The number of aliphatic hydroxyl groups excluding tert-OH is 2. The molecule has 0 aliphatic carbocycles. The summed E-state index contributed by atoms with van der Waals surface area (Å²) >= 11 is 0. The summed E-state index contributed by atoms with van der Waals surface area (Å²) < 4.78 is 20.8. The number of ether oxygens (including phenoxy) is 4. The van der Waals surface area contributed by atoms with Gasteiger partial charge in [-0.15, -0.1) is 0 Å². The molecule has 1 aromatic rings. The Bertz CT molecular complexity index is 407. The Morgan fingerprint density at radius 2 is 1.90 bits per heavy atom. The Morgan fingerprint density at radius 3 is 2.50 bits per heavy atom. The summed E-state index contributed by atoms with van der Waals surface area (Å²) in [5.41, 5.74) is 0.922. The van der Waals surface area contributed by atoms with Crippen LogP contribution in [-0.4, -0.2) is 55.6 Å². The molecule has 0 spiro atoms. The van der Waals surface area contributed by atoms with Crippen LogP contribution in [0, 0.1) is 0 Å². The van der Waals surface area contributed by atoms with Crippen LogP contribution < -0.4 is 4.74 Å². The van der Waals surface area contributed by atoms with Crippen molar-refractivity contribution in [3.05, 3.63) is 29.8 Å². The number of methoxy groups -OCH3 is 2. The van der Waals surface area contributed by atoms with E-state index in [9.17, 15) is 10.2 Å². The Morgan fingerprint density at radius 1 is 1.20 bits per heavy atom. The fraction of sp³-hybridized carbons (Fsp3) is 0.571. The van der Waals surface area contributed by atoms with Crippen molar-refractivity contribution in [2.45, 2.75) is 31.2 Å². The van der Waals surface area contributed by atoms with Gasteiger partial charge in [-0.1, -0.05) is 12.1 Å². The second kappa shape index (κ2) is 7.01. The first-order valence-electron chi connectivity index (χ1n) is 6.40. The van der Waals surface area contributed by atoms with Gasteiger partial charge in [-0.2, -0.15) is 0 Å². The molecule has 20 heavy (non-hydrogen) atoms. The maximum Gasteiger partial charge on any atom is 0.185 e. The number of hydrogen-bond donors (Lipinski definition) is 2. The van der Waals surface area contributed by atoms with Crippen LogP contribution >= 0.6 is 0 Å². The quantitative estimate of drug-likeness (QED) is 0.810. The molecule has 1 aliphatic rings. The molecular formula is C14H20O6. The second-order valence-corrected chi connectivity index (χ2v) is 4.62. The van der Waals surface area contributed by atoms with E-state index in [1.54, 1.807) is 7.11 Å². The van der Waals surface area contributed by atoms with Gasteiger partial charge in [0, 0.05) is 7.11 Å². The van der Waals surface area contributed by atoms with Gasteiger partial charge in [0.2, 0.25) is 0 Å². The van der Waals surface area contributed by atoms with E-state index in [4.69, 9.17) is 18.9 Å². The molecule has 112 valence electrons. The molecule has 0 saturated carbocycles. The van der Waals surface area contributed by atoms with E-state index >= 15 is 0 Å². The highest BCUT2D eigenvalue weighted by Gasteiger charge is 2.39. The third-order valence-corrected chi connectivity index (χ3v) is 3.26. The summed E-state index contributed by atoms with van der Waals surface area (Å²) in [4.78, 5) is 0. The van der Waals surface area contributed by atoms with Crippen LogP contribution in [-0.2, 0) is 20.8 Å². The van der Waals surface area contributed by atoms with Gasteiger partial charge in [0.25, 0.3) is 0 Å². The zero-order valence-electron chi connectivity index (χ0n) is 11.6. The van der Waals surface area contributed by atoms with Crippen molar-refractivity contribution < 1.29 is 29.2 Å². The first-order valence-corrected chi connectivity index (χ1v) is 6.40. The highest BCUT2D eigenvalue weighted by atomic mass is 16.7. The molecular weight excluding hydrogens is 264 g/mol. The SMILES string of the molecule is COc1ccc(CO[C@@H]2[C@@H](O)[C@H](OC)OC[C@H]2O)cc1. The largest absolute Gasteiger partial charge is 0.497 e. The van der Waals surface area contributed by atoms with Crippen LogP contribution in [0.2, 0.25) is 0 Å². The molecule has 2 rings (SSSR count). The van der Waals surface area contributed by atoms with Crippen molar-refractivity contribution in [1.29, 1.82) is 0 Å². The minimum Gasteiger partial charge on any atom is -0.497 e. The van der Waals surface area contributed by atoms with E-state index in [0.717, 1.165) is 11.3 Å². The van der Waals surface area contributed by atoms with Crippen LogP contribution in [0.3, 0.4) is 0 Å². The first kappa shape index (κ1) is 15.2. The van der Waals surface area contributed by atoms with Crippen LogP contribution in [0.1, 0.15) is 5.56 Å². The first-order chi connectivity index (χ1) is 9.65. The summed E-state index contributed by atoms with van der Waals surface area (Å²) in [6.07, 6.45) is -3.42. The maximum absolute atomic E-state index is 10.0. The molecule has 0 radical (unpaired) electrons. The van der Waals surface area contributed by atoms with Gasteiger partial charge < -0.3 is 29.2 Å². The Balaban J connectivity index is 1.93. The molecule has 6 heteroatoms. The average Bonchev–Trinajstić information content (AvgIpc) is 2.48. The average molecular weight is 284 g/mol. The molecule has 1 aliphatic heterocycles. The number of benzene rings is 1. The van der Waals surface area contributed by atoms with Crippen LogP contribution in [0.15, 0.2) is 24.3 Å². The van der Waals surface area contributed by atoms with Gasteiger partial charge in [-0.05, 0) is 17.7 Å². The third kappa shape index (κ3) is 3.47. The molecule has 1 aromatic carbocycles. The molecule has 1 heterocycles. The number of aliphatic hydroxyl groups is 2. The van der Waals surface area contributed by atoms with Gasteiger partial charge >= 0.3 is 0 Å². The minimum absolute atomic E-state index is 0.0723. The zero-order chi connectivity index (χ0) is 14.5. The molecule has 0 bridgehead atoms. The minimum atomic E-state index is -1.03. The van der Waals surface area contributed by atoms with Crippen molar-refractivity contribution in [2.75, 3.05) is 20.8 Å². The molecule has 0 amide bonds. The molecule has 1 fully saturated rings. The predicted molar refractivity (Wildman–Crippen MR) is 70.3 cm³/mol. The smallest absolute Gasteiger partial charge is 0.185 e. The number of hydrogen-bond acceptors (Lipinski definition) is 6. The van der Waals surface area contributed by atoms with Crippen molar-refractivity contribution in [2.24, 2.45) is 0 Å². The van der Waals surface area contributed by atoms with Gasteiger partial charge in [-0.25, -0.2) is 0 Å². The van der Waals surface area contributed by atoms with Gasteiger partial charge in [0.1, 0.15) is 24.1 Å². The lowest BCUT2D eigenvalue weighted by Crippen LogP contribution is -2.54. The van der Waals surface area contributed by atoms with Crippen molar-refractivity contribution in [3.63, 3.8) is 0 Å². The third-order valence-electron chi connectivity index (χ3n) is 3.26. The number of rotatable bonds is 5. The molecule has 4 atom stereocenters. The zero-order valence-corrected chi connectivity index (χ0v) is 11.6. The molecule has 0 aromatic heterocycles. The van der Waals surface area contributed by atoms with E-state index in [1.165, 1.54) is 7.11 Å². The lowest BCUT2D eigenvalue weighted by Gasteiger charge is -2.36. The van der Waals surface area contributed by atoms with E-state index in [0.29, 0.717) is 0 Å². The Hall–Kier alpha value is -1.18. The van der Waals surface area contributed by atoms with Gasteiger partial charge in [0.15, 0.2) is 6.29 Å². The van der Waals surface area contributed by atoms with Crippen LogP contribution in [0.25, 0.3) is 0 Å². The van der Waals surface area contributed by atoms with Gasteiger partial charge in [0.05, 0.1) is 20.3 Å². The van der Waals surface area contributed by atoms with E-state index in [1.807, 2.05) is 24.3 Å². The monoisotopic (exact) mass is 284 g/mol. The lowest BCUT2D eigenvalue weighted by atomic mass is 10.1. The van der Waals surface area contributed by atoms with Crippen LogP contribution in [0.5, 0.6) is 5.75 Å². The second-order valence-electron chi connectivity index (χ2n) is 4.62. The summed E-state index contributed by atoms with van der Waals surface area (Å²) in [5, 5.41) is 19.8. The van der Waals surface area contributed by atoms with Crippen LogP contribution in [0.4, 0.5) is 0 Å². The lowest BCUT2D eigenvalue weighted by molar-refractivity contribution is -0.272.